The van der Waals surface area contributed by atoms with Crippen LogP contribution >= 0.6 is 27.7 Å². The molecule has 0 spiro atoms. The topological polar surface area (TPSA) is 42.3 Å². The highest BCUT2D eigenvalue weighted by Crippen LogP contribution is 2.35. The summed E-state index contributed by atoms with van der Waals surface area (Å²) in [7, 11) is 0. The number of imide groups is 1. The van der Waals surface area contributed by atoms with Gasteiger partial charge in [-0.05, 0) is 47.7 Å². The van der Waals surface area contributed by atoms with Gasteiger partial charge in [0.25, 0.3) is 11.1 Å². The molecule has 3 aromatic carbocycles. The van der Waals surface area contributed by atoms with E-state index < -0.39 is 0 Å². The van der Waals surface area contributed by atoms with Crippen LogP contribution in [0.25, 0.3) is 17.0 Å². The molecular weight excluding hydrogens is 503 g/mol. The molecule has 33 heavy (non-hydrogen) atoms. The van der Waals surface area contributed by atoms with Gasteiger partial charge in [-0.25, -0.2) is 4.39 Å². The number of hydrogen-bond acceptors (Lipinski definition) is 3. The molecule has 0 aliphatic carbocycles. The van der Waals surface area contributed by atoms with Crippen LogP contribution in [-0.2, 0) is 17.9 Å². The van der Waals surface area contributed by atoms with E-state index in [0.717, 1.165) is 38.3 Å². The van der Waals surface area contributed by atoms with Crippen molar-refractivity contribution in [3.8, 4) is 0 Å². The number of carbonyl (C=O) groups excluding carboxylic acids is 2. The Morgan fingerprint density at radius 2 is 1.70 bits per heavy atom. The molecule has 0 unspecified atom stereocenters. The van der Waals surface area contributed by atoms with Gasteiger partial charge < -0.3 is 4.57 Å². The number of carbonyl (C=O) groups is 2. The van der Waals surface area contributed by atoms with E-state index in [2.05, 4.69) is 15.9 Å². The highest BCUT2D eigenvalue weighted by molar-refractivity contribution is 9.10. The third-order valence-electron chi connectivity index (χ3n) is 5.52. The van der Waals surface area contributed by atoms with Gasteiger partial charge in [-0.2, -0.15) is 0 Å². The van der Waals surface area contributed by atoms with Crippen LogP contribution in [0.15, 0.2) is 88.4 Å². The molecule has 7 heteroatoms. The minimum atomic E-state index is -0.307. The normalized spacial score (nSPS) is 15.2. The fourth-order valence-corrected chi connectivity index (χ4v) is 5.09. The molecule has 0 bridgehead atoms. The summed E-state index contributed by atoms with van der Waals surface area (Å²) in [6, 6.07) is 22.0. The van der Waals surface area contributed by atoms with Crippen LogP contribution in [-0.4, -0.2) is 20.6 Å². The lowest BCUT2D eigenvalue weighted by atomic mass is 10.1. The quantitative estimate of drug-likeness (QED) is 0.271. The van der Waals surface area contributed by atoms with Gasteiger partial charge in [0.1, 0.15) is 5.82 Å². The Morgan fingerprint density at radius 1 is 0.939 bits per heavy atom. The molecule has 5 rings (SSSR count). The fourth-order valence-electron chi connectivity index (χ4n) is 3.90. The summed E-state index contributed by atoms with van der Waals surface area (Å²) >= 11 is 4.45. The zero-order chi connectivity index (χ0) is 22.9. The monoisotopic (exact) mass is 520 g/mol. The van der Waals surface area contributed by atoms with Crippen molar-refractivity contribution in [2.24, 2.45) is 0 Å². The summed E-state index contributed by atoms with van der Waals surface area (Å²) < 4.78 is 17.1. The second kappa shape index (κ2) is 9.00. The van der Waals surface area contributed by atoms with E-state index in [1.165, 1.54) is 11.0 Å². The predicted molar refractivity (Wildman–Crippen MR) is 133 cm³/mol. The second-order valence-corrected chi connectivity index (χ2v) is 9.63. The van der Waals surface area contributed by atoms with E-state index in [4.69, 9.17) is 0 Å². The van der Waals surface area contributed by atoms with E-state index in [-0.39, 0.29) is 23.5 Å². The number of rotatable bonds is 5. The SMILES string of the molecule is O=C1S/C(=C\c2cn(Cc3ccccc3F)c3ccc(Br)cc23)C(=O)N1Cc1ccccc1. The number of benzene rings is 3. The van der Waals surface area contributed by atoms with Crippen molar-refractivity contribution < 1.29 is 14.0 Å². The lowest BCUT2D eigenvalue weighted by molar-refractivity contribution is -0.123. The molecule has 0 N–H and O–H groups in total. The lowest BCUT2D eigenvalue weighted by Crippen LogP contribution is -2.27. The molecule has 4 nitrogen and oxygen atoms in total. The van der Waals surface area contributed by atoms with E-state index >= 15 is 0 Å². The Morgan fingerprint density at radius 3 is 2.48 bits per heavy atom. The first-order valence-corrected chi connectivity index (χ1v) is 11.9. The fraction of sp³-hybridized carbons (Fsp3) is 0.0769. The highest BCUT2D eigenvalue weighted by atomic mass is 79.9. The van der Waals surface area contributed by atoms with E-state index in [0.29, 0.717) is 17.0 Å². The van der Waals surface area contributed by atoms with Crippen LogP contribution in [0.5, 0.6) is 0 Å². The number of fused-ring (bicyclic) bond motifs is 1. The summed E-state index contributed by atoms with van der Waals surface area (Å²) in [6.45, 7) is 0.595. The van der Waals surface area contributed by atoms with E-state index in [1.807, 2.05) is 65.4 Å². The number of amides is 2. The molecule has 1 aliphatic rings. The molecular formula is C26H18BrFN2O2S. The van der Waals surface area contributed by atoms with Gasteiger partial charge in [-0.1, -0.05) is 64.5 Å². The molecule has 1 aromatic heterocycles. The molecule has 2 heterocycles. The predicted octanol–water partition coefficient (Wildman–Crippen LogP) is 6.83. The maximum absolute atomic E-state index is 14.3. The van der Waals surface area contributed by atoms with Crippen molar-refractivity contribution in [2.45, 2.75) is 13.1 Å². The van der Waals surface area contributed by atoms with Crippen molar-refractivity contribution in [1.82, 2.24) is 9.47 Å². The first kappa shape index (κ1) is 21.7. The Hall–Kier alpha value is -3.16. The molecule has 1 saturated heterocycles. The number of nitrogens with zero attached hydrogens (tertiary/aromatic N) is 2. The van der Waals surface area contributed by atoms with Crippen molar-refractivity contribution in [3.05, 3.63) is 111 Å². The highest BCUT2D eigenvalue weighted by Gasteiger charge is 2.35. The zero-order valence-electron chi connectivity index (χ0n) is 17.4. The minimum Gasteiger partial charge on any atom is -0.342 e. The molecule has 0 radical (unpaired) electrons. The van der Waals surface area contributed by atoms with E-state index in [9.17, 15) is 14.0 Å². The number of hydrogen-bond donors (Lipinski definition) is 0. The molecule has 164 valence electrons. The first-order chi connectivity index (χ1) is 16.0. The van der Waals surface area contributed by atoms with Crippen LogP contribution in [0.4, 0.5) is 9.18 Å². The van der Waals surface area contributed by atoms with Crippen molar-refractivity contribution in [3.63, 3.8) is 0 Å². The Labute approximate surface area is 202 Å². The van der Waals surface area contributed by atoms with Crippen molar-refractivity contribution >= 4 is 55.8 Å². The largest absolute Gasteiger partial charge is 0.342 e. The minimum absolute atomic E-state index is 0.240. The smallest absolute Gasteiger partial charge is 0.293 e. The molecule has 1 fully saturated rings. The van der Waals surface area contributed by atoms with Crippen molar-refractivity contribution in [1.29, 1.82) is 0 Å². The van der Waals surface area contributed by atoms with Gasteiger partial charge >= 0.3 is 0 Å². The van der Waals surface area contributed by atoms with Crippen LogP contribution in [0, 0.1) is 5.82 Å². The van der Waals surface area contributed by atoms with Crippen LogP contribution in [0.3, 0.4) is 0 Å². The van der Waals surface area contributed by atoms with E-state index in [1.54, 1.807) is 18.2 Å². The Kier molecular flexibility index (Phi) is 5.91. The summed E-state index contributed by atoms with van der Waals surface area (Å²) in [5.74, 6) is -0.570. The summed E-state index contributed by atoms with van der Waals surface area (Å²) in [5.41, 5.74) is 3.18. The third-order valence-corrected chi connectivity index (χ3v) is 6.92. The van der Waals surface area contributed by atoms with Gasteiger partial charge in [0.05, 0.1) is 18.0 Å². The van der Waals surface area contributed by atoms with Crippen LogP contribution in [0.1, 0.15) is 16.7 Å². The molecule has 0 atom stereocenters. The van der Waals surface area contributed by atoms with Gasteiger partial charge in [0, 0.05) is 32.7 Å². The van der Waals surface area contributed by atoms with Crippen LogP contribution < -0.4 is 0 Å². The van der Waals surface area contributed by atoms with Crippen LogP contribution in [0.2, 0.25) is 0 Å². The third kappa shape index (κ3) is 4.38. The van der Waals surface area contributed by atoms with Gasteiger partial charge in [0.15, 0.2) is 0 Å². The van der Waals surface area contributed by atoms with Crippen molar-refractivity contribution in [2.75, 3.05) is 0 Å². The van der Waals surface area contributed by atoms with Gasteiger partial charge in [-0.3, -0.25) is 14.5 Å². The standard InChI is InChI=1S/C26H18BrFN2O2S/c27-20-10-11-23-21(13-20)19(16-29(23)15-18-8-4-5-9-22(18)28)12-24-25(31)30(26(32)33-24)14-17-6-2-1-3-7-17/h1-13,16H,14-15H2/b24-12-. The molecule has 0 saturated carbocycles. The van der Waals surface area contributed by atoms with Gasteiger partial charge in [-0.15, -0.1) is 0 Å². The first-order valence-electron chi connectivity index (χ1n) is 10.3. The maximum atomic E-state index is 14.3. The summed E-state index contributed by atoms with van der Waals surface area (Å²) in [5, 5.41) is 0.627. The number of thioether (sulfide) groups is 1. The average molecular weight is 521 g/mol. The number of halogens is 2. The lowest BCUT2D eigenvalue weighted by Gasteiger charge is -2.12. The Bertz CT molecular complexity index is 1410. The molecule has 1 aliphatic heterocycles. The maximum Gasteiger partial charge on any atom is 0.293 e. The number of aromatic nitrogens is 1. The summed E-state index contributed by atoms with van der Waals surface area (Å²) in [6.07, 6.45) is 3.65. The Balaban J connectivity index is 1.51. The molecule has 2 amide bonds. The average Bonchev–Trinajstić information content (AvgIpc) is 3.27. The summed E-state index contributed by atoms with van der Waals surface area (Å²) in [4.78, 5) is 27.2. The zero-order valence-corrected chi connectivity index (χ0v) is 19.8. The second-order valence-electron chi connectivity index (χ2n) is 7.72. The van der Waals surface area contributed by atoms with Gasteiger partial charge in [0.2, 0.25) is 0 Å². The molecule has 4 aromatic rings.